The molecule has 1 aliphatic rings. The van der Waals surface area contributed by atoms with Gasteiger partial charge in [0.05, 0.1) is 9.79 Å². The molecule has 0 unspecified atom stereocenters. The molecule has 31 heavy (non-hydrogen) atoms. The Morgan fingerprint density at radius 1 is 0.935 bits per heavy atom. The summed E-state index contributed by atoms with van der Waals surface area (Å²) in [4.78, 5) is 27.8. The lowest BCUT2D eigenvalue weighted by Crippen LogP contribution is -2.50. The van der Waals surface area contributed by atoms with Gasteiger partial charge in [0.25, 0.3) is 0 Å². The monoisotopic (exact) mass is 443 g/mol. The van der Waals surface area contributed by atoms with Crippen molar-refractivity contribution in [2.45, 2.75) is 23.3 Å². The van der Waals surface area contributed by atoms with Gasteiger partial charge in [-0.2, -0.15) is 0 Å². The Balaban J connectivity index is 1.64. The molecule has 162 valence electrons. The molecule has 2 heterocycles. The standard InChI is InChI=1S/C22H22FN3O4S/c1-16(27)24-10-12-25(13-11-24)22(28)15-26-14-21(19-4-2-3-5-20(19)26)31(29,30)18-8-6-17(23)7-9-18/h2-9,14H,10-13,15H2,1H3. The van der Waals surface area contributed by atoms with Crippen LogP contribution in [-0.4, -0.2) is 60.8 Å². The highest BCUT2D eigenvalue weighted by molar-refractivity contribution is 7.91. The highest BCUT2D eigenvalue weighted by atomic mass is 32.2. The number of benzene rings is 2. The first-order valence-corrected chi connectivity index (χ1v) is 11.4. The van der Waals surface area contributed by atoms with Gasteiger partial charge in [-0.3, -0.25) is 9.59 Å². The number of hydrogen-bond acceptors (Lipinski definition) is 4. The number of fused-ring (bicyclic) bond motifs is 1. The van der Waals surface area contributed by atoms with Gasteiger partial charge in [-0.15, -0.1) is 0 Å². The van der Waals surface area contributed by atoms with E-state index in [0.29, 0.717) is 37.1 Å². The first kappa shape index (κ1) is 21.0. The molecule has 0 bridgehead atoms. The molecular weight excluding hydrogens is 421 g/mol. The molecule has 1 aromatic heterocycles. The van der Waals surface area contributed by atoms with Gasteiger partial charge < -0.3 is 14.4 Å². The molecule has 0 atom stereocenters. The zero-order valence-electron chi connectivity index (χ0n) is 17.0. The third-order valence-electron chi connectivity index (χ3n) is 5.55. The average Bonchev–Trinajstić information content (AvgIpc) is 3.13. The third-order valence-corrected chi connectivity index (χ3v) is 7.35. The van der Waals surface area contributed by atoms with E-state index in [2.05, 4.69) is 0 Å². The lowest BCUT2D eigenvalue weighted by atomic mass is 10.2. The van der Waals surface area contributed by atoms with Crippen LogP contribution in [0.2, 0.25) is 0 Å². The summed E-state index contributed by atoms with van der Waals surface area (Å²) in [6.07, 6.45) is 1.47. The fourth-order valence-electron chi connectivity index (χ4n) is 3.82. The van der Waals surface area contributed by atoms with Crippen molar-refractivity contribution in [3.63, 3.8) is 0 Å². The second-order valence-electron chi connectivity index (χ2n) is 7.48. The number of hydrogen-bond donors (Lipinski definition) is 0. The summed E-state index contributed by atoms with van der Waals surface area (Å²) in [6, 6.07) is 11.7. The van der Waals surface area contributed by atoms with Gasteiger partial charge in [-0.1, -0.05) is 18.2 Å². The van der Waals surface area contributed by atoms with E-state index in [4.69, 9.17) is 0 Å². The molecule has 1 aliphatic heterocycles. The normalized spacial score (nSPS) is 14.8. The van der Waals surface area contributed by atoms with E-state index in [1.807, 2.05) is 0 Å². The van der Waals surface area contributed by atoms with Crippen LogP contribution in [0.1, 0.15) is 6.92 Å². The van der Waals surface area contributed by atoms with Crippen molar-refractivity contribution in [1.29, 1.82) is 0 Å². The summed E-state index contributed by atoms with van der Waals surface area (Å²) in [5.41, 5.74) is 0.624. The zero-order valence-corrected chi connectivity index (χ0v) is 17.8. The molecule has 0 spiro atoms. The van der Waals surface area contributed by atoms with Crippen LogP contribution in [-0.2, 0) is 26.0 Å². The van der Waals surface area contributed by atoms with Gasteiger partial charge in [-0.25, -0.2) is 12.8 Å². The average molecular weight is 444 g/mol. The molecular formula is C22H22FN3O4S. The van der Waals surface area contributed by atoms with E-state index in [0.717, 1.165) is 12.1 Å². The van der Waals surface area contributed by atoms with Crippen molar-refractivity contribution in [3.8, 4) is 0 Å². The quantitative estimate of drug-likeness (QED) is 0.580. The smallest absolute Gasteiger partial charge is 0.242 e. The second-order valence-corrected chi connectivity index (χ2v) is 9.40. The van der Waals surface area contributed by atoms with Crippen LogP contribution < -0.4 is 0 Å². The number of para-hydroxylation sites is 1. The SMILES string of the molecule is CC(=O)N1CCN(C(=O)Cn2cc(S(=O)(=O)c3ccc(F)cc3)c3ccccc32)CC1. The summed E-state index contributed by atoms with van der Waals surface area (Å²) in [6.45, 7) is 3.35. The largest absolute Gasteiger partial charge is 0.339 e. The van der Waals surface area contributed by atoms with E-state index in [1.165, 1.54) is 25.3 Å². The summed E-state index contributed by atoms with van der Waals surface area (Å²) in [5, 5.41) is 0.501. The molecule has 1 fully saturated rings. The maximum absolute atomic E-state index is 13.3. The van der Waals surface area contributed by atoms with Crippen LogP contribution in [0, 0.1) is 5.82 Å². The van der Waals surface area contributed by atoms with Crippen LogP contribution in [0.15, 0.2) is 64.5 Å². The van der Waals surface area contributed by atoms with E-state index in [-0.39, 0.29) is 28.2 Å². The van der Waals surface area contributed by atoms with Crippen LogP contribution >= 0.6 is 0 Å². The number of rotatable bonds is 4. The van der Waals surface area contributed by atoms with Gasteiger partial charge in [0.15, 0.2) is 0 Å². The van der Waals surface area contributed by atoms with Crippen LogP contribution in [0.5, 0.6) is 0 Å². The van der Waals surface area contributed by atoms with Gasteiger partial charge in [0.1, 0.15) is 12.4 Å². The Kier molecular flexibility index (Phi) is 5.53. The Morgan fingerprint density at radius 3 is 2.19 bits per heavy atom. The molecule has 3 aromatic rings. The third kappa shape index (κ3) is 4.05. The fourth-order valence-corrected chi connectivity index (χ4v) is 5.29. The minimum Gasteiger partial charge on any atom is -0.339 e. The van der Waals surface area contributed by atoms with Crippen molar-refractivity contribution < 1.29 is 22.4 Å². The van der Waals surface area contributed by atoms with Gasteiger partial charge in [0, 0.05) is 50.2 Å². The van der Waals surface area contributed by atoms with Gasteiger partial charge >= 0.3 is 0 Å². The lowest BCUT2D eigenvalue weighted by molar-refractivity contribution is -0.138. The Bertz CT molecular complexity index is 1240. The second kappa shape index (κ2) is 8.14. The summed E-state index contributed by atoms with van der Waals surface area (Å²) < 4.78 is 41.3. The number of nitrogens with zero attached hydrogens (tertiary/aromatic N) is 3. The number of piperazine rings is 1. The number of carbonyl (C=O) groups excluding carboxylic acids is 2. The van der Waals surface area contributed by atoms with Gasteiger partial charge in [0.2, 0.25) is 21.7 Å². The number of carbonyl (C=O) groups is 2. The molecule has 7 nitrogen and oxygen atoms in total. The van der Waals surface area contributed by atoms with Crippen molar-refractivity contribution in [1.82, 2.24) is 14.4 Å². The van der Waals surface area contributed by atoms with Crippen molar-refractivity contribution in [2.75, 3.05) is 26.2 Å². The molecule has 0 aliphatic carbocycles. The number of amides is 2. The highest BCUT2D eigenvalue weighted by Gasteiger charge is 2.26. The Morgan fingerprint density at radius 2 is 1.55 bits per heavy atom. The highest BCUT2D eigenvalue weighted by Crippen LogP contribution is 2.30. The van der Waals surface area contributed by atoms with Crippen LogP contribution in [0.3, 0.4) is 0 Å². The summed E-state index contributed by atoms with van der Waals surface area (Å²) >= 11 is 0. The number of aromatic nitrogens is 1. The molecule has 4 rings (SSSR count). The maximum Gasteiger partial charge on any atom is 0.242 e. The van der Waals surface area contributed by atoms with Crippen molar-refractivity contribution in [2.24, 2.45) is 0 Å². The van der Waals surface area contributed by atoms with E-state index in [9.17, 15) is 22.4 Å². The maximum atomic E-state index is 13.3. The predicted octanol–water partition coefficient (Wildman–Crippen LogP) is 2.30. The minimum atomic E-state index is -3.90. The van der Waals surface area contributed by atoms with E-state index >= 15 is 0 Å². The Hall–Kier alpha value is -3.20. The van der Waals surface area contributed by atoms with Crippen molar-refractivity contribution in [3.05, 3.63) is 60.5 Å². The molecule has 2 amide bonds. The van der Waals surface area contributed by atoms with Gasteiger partial charge in [-0.05, 0) is 30.3 Å². The molecule has 0 radical (unpaired) electrons. The first-order chi connectivity index (χ1) is 14.8. The number of halogens is 1. The van der Waals surface area contributed by atoms with Crippen LogP contribution in [0.25, 0.3) is 10.9 Å². The summed E-state index contributed by atoms with van der Waals surface area (Å²) in [5.74, 6) is -0.675. The molecule has 1 saturated heterocycles. The molecule has 2 aromatic carbocycles. The first-order valence-electron chi connectivity index (χ1n) is 9.89. The predicted molar refractivity (Wildman–Crippen MR) is 113 cm³/mol. The minimum absolute atomic E-state index is 0.0107. The number of sulfone groups is 1. The molecule has 0 N–H and O–H groups in total. The molecule has 9 heteroatoms. The topological polar surface area (TPSA) is 79.7 Å². The Labute approximate surface area is 179 Å². The zero-order chi connectivity index (χ0) is 22.2. The van der Waals surface area contributed by atoms with E-state index < -0.39 is 15.7 Å². The summed E-state index contributed by atoms with van der Waals surface area (Å²) in [7, 11) is -3.90. The van der Waals surface area contributed by atoms with E-state index in [1.54, 1.807) is 38.6 Å². The van der Waals surface area contributed by atoms with Crippen molar-refractivity contribution >= 4 is 32.6 Å². The fraction of sp³-hybridized carbons (Fsp3) is 0.273. The van der Waals surface area contributed by atoms with Crippen LogP contribution in [0.4, 0.5) is 4.39 Å². The lowest BCUT2D eigenvalue weighted by Gasteiger charge is -2.34. The molecule has 0 saturated carbocycles.